The second-order valence-corrected chi connectivity index (χ2v) is 8.02. The average molecular weight is 381 g/mol. The normalized spacial score (nSPS) is 27.8. The van der Waals surface area contributed by atoms with Gasteiger partial charge in [0.1, 0.15) is 0 Å². The number of pyridine rings is 1. The third-order valence-corrected chi connectivity index (χ3v) is 6.47. The first-order valence-electron chi connectivity index (χ1n) is 9.42. The number of likely N-dealkylation sites (N-methyl/N-ethyl adjacent to an activating group) is 1. The molecule has 6 heteroatoms. The summed E-state index contributed by atoms with van der Waals surface area (Å²) in [6.07, 6.45) is 7.01. The monoisotopic (exact) mass is 380 g/mol. The molecule has 2 bridgehead atoms. The van der Waals surface area contributed by atoms with E-state index < -0.39 is 0 Å². The number of halogens is 1. The first kappa shape index (κ1) is 16.9. The molecular formula is C21H21ClN4O. The van der Waals surface area contributed by atoms with E-state index in [1.807, 2.05) is 24.3 Å². The smallest absolute Gasteiger partial charge is 0.232 e. The molecule has 1 aromatic carbocycles. The van der Waals surface area contributed by atoms with Crippen molar-refractivity contribution in [3.8, 4) is 11.4 Å². The highest BCUT2D eigenvalue weighted by Gasteiger charge is 2.48. The minimum atomic E-state index is 0.188. The Hall–Kier alpha value is -2.24. The molecule has 2 aromatic heterocycles. The van der Waals surface area contributed by atoms with E-state index in [0.717, 1.165) is 22.9 Å². The van der Waals surface area contributed by atoms with E-state index in [4.69, 9.17) is 21.1 Å². The van der Waals surface area contributed by atoms with Crippen LogP contribution in [0.5, 0.6) is 0 Å². The topological polar surface area (TPSA) is 55.1 Å². The van der Waals surface area contributed by atoms with Crippen LogP contribution in [0.3, 0.4) is 0 Å². The summed E-state index contributed by atoms with van der Waals surface area (Å²) in [4.78, 5) is 11.4. The van der Waals surface area contributed by atoms with Crippen molar-refractivity contribution in [2.75, 3.05) is 7.05 Å². The van der Waals surface area contributed by atoms with Crippen molar-refractivity contribution in [2.45, 2.75) is 43.2 Å². The van der Waals surface area contributed by atoms with Crippen molar-refractivity contribution in [3.63, 3.8) is 0 Å². The van der Waals surface area contributed by atoms with Gasteiger partial charge >= 0.3 is 0 Å². The predicted molar refractivity (Wildman–Crippen MR) is 104 cm³/mol. The maximum absolute atomic E-state index is 6.11. The van der Waals surface area contributed by atoms with E-state index in [0.29, 0.717) is 23.8 Å². The maximum atomic E-state index is 6.11. The van der Waals surface area contributed by atoms with Gasteiger partial charge in [0.05, 0.1) is 5.92 Å². The second kappa shape index (κ2) is 6.73. The summed E-state index contributed by atoms with van der Waals surface area (Å²) in [6, 6.07) is 13.1. The van der Waals surface area contributed by atoms with Crippen LogP contribution in [0.15, 0.2) is 53.3 Å². The molecule has 138 valence electrons. The van der Waals surface area contributed by atoms with Crippen molar-refractivity contribution in [1.82, 2.24) is 20.0 Å². The third-order valence-electron chi connectivity index (χ3n) is 6.21. The highest BCUT2D eigenvalue weighted by molar-refractivity contribution is 6.30. The van der Waals surface area contributed by atoms with Gasteiger partial charge < -0.3 is 4.52 Å². The molecule has 27 heavy (non-hydrogen) atoms. The molecule has 2 saturated heterocycles. The van der Waals surface area contributed by atoms with Crippen LogP contribution in [0.4, 0.5) is 0 Å². The van der Waals surface area contributed by atoms with Gasteiger partial charge in [-0.25, -0.2) is 0 Å². The van der Waals surface area contributed by atoms with Crippen LogP contribution in [0.2, 0.25) is 5.02 Å². The Morgan fingerprint density at radius 3 is 2.78 bits per heavy atom. The number of piperidine rings is 1. The van der Waals surface area contributed by atoms with E-state index >= 15 is 0 Å². The highest BCUT2D eigenvalue weighted by Crippen LogP contribution is 2.50. The highest BCUT2D eigenvalue weighted by atomic mass is 35.5. The van der Waals surface area contributed by atoms with E-state index in [1.165, 1.54) is 18.4 Å². The van der Waals surface area contributed by atoms with Crippen LogP contribution in [0, 0.1) is 0 Å². The van der Waals surface area contributed by atoms with Crippen molar-refractivity contribution < 1.29 is 4.52 Å². The van der Waals surface area contributed by atoms with Gasteiger partial charge in [-0.15, -0.1) is 0 Å². The Morgan fingerprint density at radius 1 is 1.15 bits per heavy atom. The van der Waals surface area contributed by atoms with Gasteiger partial charge in [-0.1, -0.05) is 28.9 Å². The fraction of sp³-hybridized carbons (Fsp3) is 0.381. The molecule has 5 rings (SSSR count). The summed E-state index contributed by atoms with van der Waals surface area (Å²) in [6.45, 7) is 0. The number of nitrogens with zero attached hydrogens (tertiary/aromatic N) is 4. The third kappa shape index (κ3) is 2.95. The van der Waals surface area contributed by atoms with Crippen LogP contribution >= 0.6 is 11.6 Å². The summed E-state index contributed by atoms with van der Waals surface area (Å²) in [5, 5.41) is 5.01. The minimum Gasteiger partial charge on any atom is -0.339 e. The zero-order chi connectivity index (χ0) is 18.4. The molecule has 0 N–H and O–H groups in total. The zero-order valence-electron chi connectivity index (χ0n) is 15.1. The van der Waals surface area contributed by atoms with Crippen LogP contribution in [-0.4, -0.2) is 39.2 Å². The van der Waals surface area contributed by atoms with Crippen LogP contribution in [0.1, 0.15) is 42.6 Å². The van der Waals surface area contributed by atoms with Crippen LogP contribution in [-0.2, 0) is 0 Å². The molecular weight excluding hydrogens is 360 g/mol. The second-order valence-electron chi connectivity index (χ2n) is 7.58. The van der Waals surface area contributed by atoms with Gasteiger partial charge in [-0.3, -0.25) is 9.88 Å². The van der Waals surface area contributed by atoms with E-state index in [-0.39, 0.29) is 5.92 Å². The molecule has 0 amide bonds. The predicted octanol–water partition coefficient (Wildman–Crippen LogP) is 4.52. The summed E-state index contributed by atoms with van der Waals surface area (Å²) in [5.74, 6) is 1.88. The summed E-state index contributed by atoms with van der Waals surface area (Å²) < 4.78 is 5.79. The molecule has 0 unspecified atom stereocenters. The lowest BCUT2D eigenvalue weighted by Crippen LogP contribution is -2.44. The molecule has 2 aliphatic heterocycles. The summed E-state index contributed by atoms with van der Waals surface area (Å²) in [7, 11) is 2.23. The molecule has 0 saturated carbocycles. The van der Waals surface area contributed by atoms with E-state index in [9.17, 15) is 0 Å². The molecule has 0 spiro atoms. The molecule has 3 aromatic rings. The van der Waals surface area contributed by atoms with Gasteiger partial charge in [0.2, 0.25) is 11.7 Å². The van der Waals surface area contributed by atoms with Crippen molar-refractivity contribution in [2.24, 2.45) is 0 Å². The van der Waals surface area contributed by atoms with Gasteiger partial charge in [0.25, 0.3) is 0 Å². The van der Waals surface area contributed by atoms with E-state index in [2.05, 4.69) is 34.2 Å². The molecule has 0 radical (unpaired) electrons. The Bertz CT molecular complexity index is 927. The fourth-order valence-corrected chi connectivity index (χ4v) is 4.97. The first-order chi connectivity index (χ1) is 13.2. The summed E-state index contributed by atoms with van der Waals surface area (Å²) >= 11 is 6.11. The number of aromatic nitrogens is 3. The molecule has 2 fully saturated rings. The average Bonchev–Trinajstić information content (AvgIpc) is 3.26. The Balaban J connectivity index is 1.54. The van der Waals surface area contributed by atoms with Gasteiger partial charge in [0, 0.05) is 35.1 Å². The molecule has 2 aliphatic rings. The molecule has 4 heterocycles. The number of benzene rings is 1. The lowest BCUT2D eigenvalue weighted by Gasteiger charge is -2.41. The maximum Gasteiger partial charge on any atom is 0.232 e. The van der Waals surface area contributed by atoms with Crippen LogP contribution in [0.25, 0.3) is 11.4 Å². The summed E-state index contributed by atoms with van der Waals surface area (Å²) in [5.41, 5.74) is 2.18. The van der Waals surface area contributed by atoms with Crippen LogP contribution < -0.4 is 0 Å². The lowest BCUT2D eigenvalue weighted by atomic mass is 9.76. The molecule has 0 aliphatic carbocycles. The van der Waals surface area contributed by atoms with Gasteiger partial charge in [-0.2, -0.15) is 4.98 Å². The SMILES string of the molecule is CN1[C@@H]2CC[C@H]1[C@@H](c1nc(-c3cccnc3)no1)[C@H](c1ccc(Cl)cc1)C2. The Morgan fingerprint density at radius 2 is 2.00 bits per heavy atom. The minimum absolute atomic E-state index is 0.188. The standard InChI is InChI=1S/C21H21ClN4O/c1-26-16-8-9-18(26)19(17(11-16)13-4-6-15(22)7-5-13)21-24-20(25-27-21)14-3-2-10-23-12-14/h2-7,10,12,16-19H,8-9,11H2,1H3/t16-,17+,18+,19+/m1/s1. The lowest BCUT2D eigenvalue weighted by molar-refractivity contribution is 0.120. The van der Waals surface area contributed by atoms with Gasteiger partial charge in [-0.05, 0) is 62.1 Å². The van der Waals surface area contributed by atoms with Crippen molar-refractivity contribution in [3.05, 3.63) is 65.3 Å². The number of hydrogen-bond acceptors (Lipinski definition) is 5. The Kier molecular flexibility index (Phi) is 4.21. The largest absolute Gasteiger partial charge is 0.339 e. The quantitative estimate of drug-likeness (QED) is 0.668. The first-order valence-corrected chi connectivity index (χ1v) is 9.80. The number of fused-ring (bicyclic) bond motifs is 2. The Labute approximate surface area is 163 Å². The van der Waals surface area contributed by atoms with Crippen molar-refractivity contribution >= 4 is 11.6 Å². The fourth-order valence-electron chi connectivity index (χ4n) is 4.84. The number of hydrogen-bond donors (Lipinski definition) is 0. The molecule has 5 nitrogen and oxygen atoms in total. The van der Waals surface area contributed by atoms with Crippen molar-refractivity contribution in [1.29, 1.82) is 0 Å². The van der Waals surface area contributed by atoms with E-state index in [1.54, 1.807) is 12.4 Å². The van der Waals surface area contributed by atoms with Gasteiger partial charge in [0.15, 0.2) is 0 Å². The molecule has 4 atom stereocenters. The zero-order valence-corrected chi connectivity index (χ0v) is 15.9. The number of rotatable bonds is 3.